The van der Waals surface area contributed by atoms with Gasteiger partial charge in [0.2, 0.25) is 0 Å². The van der Waals surface area contributed by atoms with Crippen LogP contribution in [0.25, 0.3) is 0 Å². The molecule has 2 rings (SSSR count). The van der Waals surface area contributed by atoms with Crippen molar-refractivity contribution in [3.8, 4) is 5.75 Å². The van der Waals surface area contributed by atoms with Gasteiger partial charge in [-0.25, -0.2) is 4.39 Å². The molecule has 0 bridgehead atoms. The van der Waals surface area contributed by atoms with Crippen LogP contribution < -0.4 is 10.1 Å². The minimum absolute atomic E-state index is 0.368. The molecule has 0 aliphatic carbocycles. The number of hydrogen-bond donors (Lipinski definition) is 1. The molecule has 1 atom stereocenters. The van der Waals surface area contributed by atoms with E-state index in [-0.39, 0.29) is 5.82 Å². The predicted molar refractivity (Wildman–Crippen MR) is 88.0 cm³/mol. The predicted octanol–water partition coefficient (Wildman–Crippen LogP) is 5.21. The van der Waals surface area contributed by atoms with E-state index in [4.69, 9.17) is 27.9 Å². The molecule has 0 spiro atoms. The standard InChI is InChI=1S/C15H13BrCl2FNO/c1-20-15(9-6-12(18)11(16)7-13(9)19)10-5-8(17)3-4-14(10)21-2/h3-7,15,20H,1-2H3. The lowest BCUT2D eigenvalue weighted by molar-refractivity contribution is 0.404. The Hall–Kier alpha value is -0.810. The number of rotatable bonds is 4. The molecule has 2 aromatic carbocycles. The van der Waals surface area contributed by atoms with Gasteiger partial charge in [0.15, 0.2) is 0 Å². The molecule has 0 fully saturated rings. The molecular weight excluding hydrogens is 380 g/mol. The van der Waals surface area contributed by atoms with E-state index in [0.717, 1.165) is 5.56 Å². The van der Waals surface area contributed by atoms with Crippen LogP contribution in [0.1, 0.15) is 17.2 Å². The highest BCUT2D eigenvalue weighted by molar-refractivity contribution is 9.10. The summed E-state index contributed by atoms with van der Waals surface area (Å²) in [6.45, 7) is 0. The van der Waals surface area contributed by atoms with Crippen LogP contribution in [0.4, 0.5) is 4.39 Å². The average Bonchev–Trinajstić information content (AvgIpc) is 2.45. The summed E-state index contributed by atoms with van der Waals surface area (Å²) in [5.74, 6) is 0.254. The summed E-state index contributed by atoms with van der Waals surface area (Å²) in [4.78, 5) is 0. The second kappa shape index (κ2) is 6.97. The fourth-order valence-electron chi connectivity index (χ4n) is 2.17. The summed E-state index contributed by atoms with van der Waals surface area (Å²) in [6, 6.07) is 7.73. The molecule has 0 heterocycles. The second-order valence-electron chi connectivity index (χ2n) is 4.40. The van der Waals surface area contributed by atoms with Crippen LogP contribution in [0, 0.1) is 5.82 Å². The van der Waals surface area contributed by atoms with Crippen molar-refractivity contribution in [1.82, 2.24) is 5.32 Å². The van der Waals surface area contributed by atoms with Crippen molar-refractivity contribution >= 4 is 39.1 Å². The number of nitrogens with one attached hydrogen (secondary N) is 1. The van der Waals surface area contributed by atoms with E-state index in [9.17, 15) is 4.39 Å². The molecule has 112 valence electrons. The maximum atomic E-state index is 14.3. The summed E-state index contributed by atoms with van der Waals surface area (Å²) in [6.07, 6.45) is 0. The largest absolute Gasteiger partial charge is 0.496 e. The molecule has 0 amide bonds. The summed E-state index contributed by atoms with van der Waals surface area (Å²) in [5.41, 5.74) is 1.16. The zero-order valence-electron chi connectivity index (χ0n) is 11.4. The van der Waals surface area contributed by atoms with Gasteiger partial charge in [0.1, 0.15) is 11.6 Å². The number of benzene rings is 2. The lowest BCUT2D eigenvalue weighted by Gasteiger charge is -2.21. The van der Waals surface area contributed by atoms with Crippen LogP contribution in [0.2, 0.25) is 10.0 Å². The highest BCUT2D eigenvalue weighted by Gasteiger charge is 2.21. The van der Waals surface area contributed by atoms with Gasteiger partial charge in [-0.15, -0.1) is 0 Å². The quantitative estimate of drug-likeness (QED) is 0.721. The van der Waals surface area contributed by atoms with Crippen molar-refractivity contribution in [3.05, 3.63) is 61.8 Å². The first kappa shape index (κ1) is 16.6. The number of halogens is 4. The first-order valence-electron chi connectivity index (χ1n) is 6.13. The Morgan fingerprint density at radius 3 is 2.52 bits per heavy atom. The van der Waals surface area contributed by atoms with Gasteiger partial charge in [-0.1, -0.05) is 23.2 Å². The second-order valence-corrected chi connectivity index (χ2v) is 6.09. The van der Waals surface area contributed by atoms with Gasteiger partial charge in [0, 0.05) is 20.6 Å². The monoisotopic (exact) mass is 391 g/mol. The molecule has 0 aliphatic heterocycles. The van der Waals surface area contributed by atoms with Crippen molar-refractivity contribution in [1.29, 1.82) is 0 Å². The molecule has 6 heteroatoms. The third kappa shape index (κ3) is 3.51. The third-order valence-electron chi connectivity index (χ3n) is 3.14. The fourth-order valence-corrected chi connectivity index (χ4v) is 2.84. The SMILES string of the molecule is CNC(c1cc(Cl)c(Br)cc1F)c1cc(Cl)ccc1OC. The highest BCUT2D eigenvalue weighted by Crippen LogP contribution is 2.36. The van der Waals surface area contributed by atoms with Gasteiger partial charge >= 0.3 is 0 Å². The number of hydrogen-bond acceptors (Lipinski definition) is 2. The van der Waals surface area contributed by atoms with E-state index in [0.29, 0.717) is 25.8 Å². The third-order valence-corrected chi connectivity index (χ3v) is 4.57. The Balaban J connectivity index is 2.59. The molecule has 0 aromatic heterocycles. The Morgan fingerprint density at radius 2 is 1.90 bits per heavy atom. The Morgan fingerprint density at radius 1 is 1.19 bits per heavy atom. The van der Waals surface area contributed by atoms with Crippen molar-refractivity contribution in [3.63, 3.8) is 0 Å². The van der Waals surface area contributed by atoms with Gasteiger partial charge in [0.25, 0.3) is 0 Å². The van der Waals surface area contributed by atoms with Crippen LogP contribution in [-0.2, 0) is 0 Å². The van der Waals surface area contributed by atoms with Gasteiger partial charge in [-0.05, 0) is 53.3 Å². The fraction of sp³-hybridized carbons (Fsp3) is 0.200. The molecule has 0 aliphatic rings. The topological polar surface area (TPSA) is 21.3 Å². The lowest BCUT2D eigenvalue weighted by atomic mass is 9.97. The van der Waals surface area contributed by atoms with E-state index in [1.54, 1.807) is 38.4 Å². The Labute approximate surface area is 141 Å². The van der Waals surface area contributed by atoms with E-state index >= 15 is 0 Å². The van der Waals surface area contributed by atoms with Crippen molar-refractivity contribution in [2.75, 3.05) is 14.2 Å². The Kier molecular flexibility index (Phi) is 5.49. The summed E-state index contributed by atoms with van der Waals surface area (Å²) >= 11 is 15.3. The van der Waals surface area contributed by atoms with Crippen LogP contribution in [0.15, 0.2) is 34.8 Å². The lowest BCUT2D eigenvalue weighted by Crippen LogP contribution is -2.20. The molecule has 0 saturated carbocycles. The average molecular weight is 393 g/mol. The molecule has 0 radical (unpaired) electrons. The van der Waals surface area contributed by atoms with Crippen LogP contribution in [0.3, 0.4) is 0 Å². The van der Waals surface area contributed by atoms with Crippen LogP contribution >= 0.6 is 39.1 Å². The normalized spacial score (nSPS) is 12.3. The molecule has 2 nitrogen and oxygen atoms in total. The molecule has 2 aromatic rings. The first-order valence-corrected chi connectivity index (χ1v) is 7.68. The molecule has 1 unspecified atom stereocenters. The maximum absolute atomic E-state index is 14.3. The molecule has 21 heavy (non-hydrogen) atoms. The maximum Gasteiger partial charge on any atom is 0.129 e. The van der Waals surface area contributed by atoms with E-state index in [2.05, 4.69) is 21.2 Å². The molecule has 1 N–H and O–H groups in total. The smallest absolute Gasteiger partial charge is 0.129 e. The number of ether oxygens (including phenoxy) is 1. The highest BCUT2D eigenvalue weighted by atomic mass is 79.9. The zero-order chi connectivity index (χ0) is 15.6. The van der Waals surface area contributed by atoms with E-state index < -0.39 is 6.04 Å². The van der Waals surface area contributed by atoms with Gasteiger partial charge in [-0.3, -0.25) is 0 Å². The summed E-state index contributed by atoms with van der Waals surface area (Å²) < 4.78 is 20.1. The van der Waals surface area contributed by atoms with Gasteiger partial charge < -0.3 is 10.1 Å². The minimum atomic E-state index is -0.427. The summed E-state index contributed by atoms with van der Waals surface area (Å²) in [7, 11) is 3.30. The van der Waals surface area contributed by atoms with Crippen molar-refractivity contribution in [2.45, 2.75) is 6.04 Å². The summed E-state index contributed by atoms with van der Waals surface area (Å²) in [5, 5.41) is 4.06. The van der Waals surface area contributed by atoms with Gasteiger partial charge in [0.05, 0.1) is 18.2 Å². The van der Waals surface area contributed by atoms with E-state index in [1.165, 1.54) is 6.07 Å². The number of methoxy groups -OCH3 is 1. The Bertz CT molecular complexity index is 666. The van der Waals surface area contributed by atoms with Crippen molar-refractivity contribution < 1.29 is 9.13 Å². The van der Waals surface area contributed by atoms with Crippen LogP contribution in [-0.4, -0.2) is 14.2 Å². The minimum Gasteiger partial charge on any atom is -0.496 e. The molecule has 0 saturated heterocycles. The molecular formula is C15H13BrCl2FNO. The van der Waals surface area contributed by atoms with Crippen molar-refractivity contribution in [2.24, 2.45) is 0 Å². The zero-order valence-corrected chi connectivity index (χ0v) is 14.5. The van der Waals surface area contributed by atoms with Crippen LogP contribution in [0.5, 0.6) is 5.75 Å². The van der Waals surface area contributed by atoms with Gasteiger partial charge in [-0.2, -0.15) is 0 Å². The first-order chi connectivity index (χ1) is 9.97. The van der Waals surface area contributed by atoms with E-state index in [1.807, 2.05) is 0 Å².